The summed E-state index contributed by atoms with van der Waals surface area (Å²) in [5.41, 5.74) is 0. The lowest BCUT2D eigenvalue weighted by molar-refractivity contribution is -0.137. The SMILES string of the molecule is O=C(NCC1CC1)C1CCCN(C(=O)COc2ccccc2)C1. The maximum atomic E-state index is 12.3. The summed E-state index contributed by atoms with van der Waals surface area (Å²) in [6.45, 7) is 2.04. The number of amides is 2. The summed E-state index contributed by atoms with van der Waals surface area (Å²) in [5, 5.41) is 3.02. The van der Waals surface area contributed by atoms with Crippen LogP contribution in [-0.2, 0) is 9.59 Å². The van der Waals surface area contributed by atoms with Gasteiger partial charge in [-0.1, -0.05) is 18.2 Å². The van der Waals surface area contributed by atoms with E-state index in [0.29, 0.717) is 24.8 Å². The standard InChI is InChI=1S/C18H24N2O3/c21-17(13-23-16-6-2-1-3-7-16)20-10-4-5-15(12-20)18(22)19-11-14-8-9-14/h1-3,6-7,14-15H,4-5,8-13H2,(H,19,22). The van der Waals surface area contributed by atoms with Crippen LogP contribution in [0, 0.1) is 11.8 Å². The van der Waals surface area contributed by atoms with Gasteiger partial charge in [-0.2, -0.15) is 0 Å². The van der Waals surface area contributed by atoms with E-state index in [4.69, 9.17) is 4.74 Å². The van der Waals surface area contributed by atoms with Crippen LogP contribution in [0.1, 0.15) is 25.7 Å². The molecule has 23 heavy (non-hydrogen) atoms. The van der Waals surface area contributed by atoms with Crippen molar-refractivity contribution in [2.45, 2.75) is 25.7 Å². The van der Waals surface area contributed by atoms with Gasteiger partial charge in [0.15, 0.2) is 6.61 Å². The highest BCUT2D eigenvalue weighted by atomic mass is 16.5. The van der Waals surface area contributed by atoms with E-state index in [0.717, 1.165) is 19.4 Å². The van der Waals surface area contributed by atoms with Gasteiger partial charge >= 0.3 is 0 Å². The van der Waals surface area contributed by atoms with E-state index < -0.39 is 0 Å². The maximum Gasteiger partial charge on any atom is 0.260 e. The summed E-state index contributed by atoms with van der Waals surface area (Å²) < 4.78 is 5.51. The molecule has 1 N–H and O–H groups in total. The van der Waals surface area contributed by atoms with Gasteiger partial charge in [-0.25, -0.2) is 0 Å². The lowest BCUT2D eigenvalue weighted by atomic mass is 9.97. The van der Waals surface area contributed by atoms with Crippen LogP contribution in [0.15, 0.2) is 30.3 Å². The minimum Gasteiger partial charge on any atom is -0.484 e. The van der Waals surface area contributed by atoms with Crippen molar-refractivity contribution in [2.24, 2.45) is 11.8 Å². The molecular formula is C18H24N2O3. The average Bonchev–Trinajstić information content (AvgIpc) is 3.43. The molecule has 0 spiro atoms. The predicted molar refractivity (Wildman–Crippen MR) is 87.0 cm³/mol. The smallest absolute Gasteiger partial charge is 0.260 e. The van der Waals surface area contributed by atoms with E-state index in [1.807, 2.05) is 30.3 Å². The third-order valence-electron chi connectivity index (χ3n) is 4.51. The Hall–Kier alpha value is -2.04. The molecule has 1 aromatic carbocycles. The highest BCUT2D eigenvalue weighted by molar-refractivity contribution is 5.82. The van der Waals surface area contributed by atoms with Crippen molar-refractivity contribution in [1.29, 1.82) is 0 Å². The number of hydrogen-bond donors (Lipinski definition) is 1. The molecule has 1 aliphatic carbocycles. The van der Waals surface area contributed by atoms with Crippen LogP contribution in [-0.4, -0.2) is 43.0 Å². The normalized spacial score (nSPS) is 20.9. The Bertz CT molecular complexity index is 542. The van der Waals surface area contributed by atoms with Crippen LogP contribution in [0.4, 0.5) is 0 Å². The van der Waals surface area contributed by atoms with Gasteiger partial charge in [0.05, 0.1) is 5.92 Å². The van der Waals surface area contributed by atoms with Gasteiger partial charge < -0.3 is 15.0 Å². The number of nitrogens with zero attached hydrogens (tertiary/aromatic N) is 1. The first-order valence-electron chi connectivity index (χ1n) is 8.45. The van der Waals surface area contributed by atoms with Crippen LogP contribution < -0.4 is 10.1 Å². The Morgan fingerprint density at radius 2 is 1.96 bits per heavy atom. The minimum absolute atomic E-state index is 0.0282. The molecule has 1 atom stereocenters. The van der Waals surface area contributed by atoms with Crippen molar-refractivity contribution in [2.75, 3.05) is 26.2 Å². The van der Waals surface area contributed by atoms with Gasteiger partial charge in [0.25, 0.3) is 5.91 Å². The molecule has 0 radical (unpaired) electrons. The van der Waals surface area contributed by atoms with E-state index >= 15 is 0 Å². The molecule has 2 amide bonds. The molecule has 5 heteroatoms. The molecule has 1 aliphatic heterocycles. The van der Waals surface area contributed by atoms with Crippen molar-refractivity contribution in [3.63, 3.8) is 0 Å². The number of ether oxygens (including phenoxy) is 1. The third kappa shape index (κ3) is 4.71. The molecule has 124 valence electrons. The Morgan fingerprint density at radius 1 is 1.17 bits per heavy atom. The Labute approximate surface area is 137 Å². The van der Waals surface area contributed by atoms with Crippen LogP contribution in [0.2, 0.25) is 0 Å². The van der Waals surface area contributed by atoms with Crippen LogP contribution in [0.25, 0.3) is 0 Å². The van der Waals surface area contributed by atoms with Crippen molar-refractivity contribution in [3.8, 4) is 5.75 Å². The molecule has 0 bridgehead atoms. The molecule has 1 aromatic rings. The zero-order valence-corrected chi connectivity index (χ0v) is 13.4. The van der Waals surface area contributed by atoms with Crippen LogP contribution in [0.3, 0.4) is 0 Å². The molecule has 1 saturated carbocycles. The second-order valence-corrected chi connectivity index (χ2v) is 6.47. The number of carbonyl (C=O) groups excluding carboxylic acids is 2. The number of hydrogen-bond acceptors (Lipinski definition) is 3. The lowest BCUT2D eigenvalue weighted by Gasteiger charge is -2.32. The van der Waals surface area contributed by atoms with Crippen molar-refractivity contribution >= 4 is 11.8 Å². The Morgan fingerprint density at radius 3 is 2.70 bits per heavy atom. The van der Waals surface area contributed by atoms with E-state index in [2.05, 4.69) is 5.32 Å². The summed E-state index contributed by atoms with van der Waals surface area (Å²) in [5.74, 6) is 1.34. The fraction of sp³-hybridized carbons (Fsp3) is 0.556. The maximum absolute atomic E-state index is 12.3. The fourth-order valence-corrected chi connectivity index (χ4v) is 2.88. The van der Waals surface area contributed by atoms with Gasteiger partial charge in [0.1, 0.15) is 5.75 Å². The van der Waals surface area contributed by atoms with Crippen molar-refractivity contribution < 1.29 is 14.3 Å². The average molecular weight is 316 g/mol. The second-order valence-electron chi connectivity index (χ2n) is 6.47. The summed E-state index contributed by atoms with van der Waals surface area (Å²) >= 11 is 0. The van der Waals surface area contributed by atoms with Gasteiger partial charge in [0.2, 0.25) is 5.91 Å². The molecule has 5 nitrogen and oxygen atoms in total. The molecule has 3 rings (SSSR count). The summed E-state index contributed by atoms with van der Waals surface area (Å²) in [4.78, 5) is 26.2. The number of nitrogens with one attached hydrogen (secondary N) is 1. The van der Waals surface area contributed by atoms with Gasteiger partial charge in [-0.3, -0.25) is 9.59 Å². The number of para-hydroxylation sites is 1. The largest absolute Gasteiger partial charge is 0.484 e. The highest BCUT2D eigenvalue weighted by Crippen LogP contribution is 2.28. The minimum atomic E-state index is -0.0804. The zero-order valence-electron chi connectivity index (χ0n) is 13.4. The quantitative estimate of drug-likeness (QED) is 0.871. The number of rotatable bonds is 6. The molecular weight excluding hydrogens is 292 g/mol. The lowest BCUT2D eigenvalue weighted by Crippen LogP contribution is -2.47. The zero-order chi connectivity index (χ0) is 16.1. The van der Waals surface area contributed by atoms with E-state index in [-0.39, 0.29) is 24.3 Å². The first-order chi connectivity index (χ1) is 11.2. The summed E-state index contributed by atoms with van der Waals surface area (Å²) in [6.07, 6.45) is 4.19. The van der Waals surface area contributed by atoms with Crippen LogP contribution >= 0.6 is 0 Å². The van der Waals surface area contributed by atoms with Gasteiger partial charge in [-0.05, 0) is 43.7 Å². The van der Waals surface area contributed by atoms with Crippen molar-refractivity contribution in [1.82, 2.24) is 10.2 Å². The number of likely N-dealkylation sites (tertiary alicyclic amines) is 1. The first kappa shape index (κ1) is 15.8. The molecule has 2 aliphatic rings. The number of carbonyl (C=O) groups is 2. The molecule has 1 saturated heterocycles. The Balaban J connectivity index is 1.45. The molecule has 1 heterocycles. The fourth-order valence-electron chi connectivity index (χ4n) is 2.88. The van der Waals surface area contributed by atoms with E-state index in [1.165, 1.54) is 12.8 Å². The second kappa shape index (κ2) is 7.49. The van der Waals surface area contributed by atoms with Crippen LogP contribution in [0.5, 0.6) is 5.75 Å². The number of benzene rings is 1. The molecule has 1 unspecified atom stereocenters. The summed E-state index contributed by atoms with van der Waals surface area (Å²) in [7, 11) is 0. The van der Waals surface area contributed by atoms with E-state index in [9.17, 15) is 9.59 Å². The highest BCUT2D eigenvalue weighted by Gasteiger charge is 2.29. The predicted octanol–water partition coefficient (Wildman–Crippen LogP) is 1.83. The summed E-state index contributed by atoms with van der Waals surface area (Å²) in [6, 6.07) is 9.32. The van der Waals surface area contributed by atoms with Gasteiger partial charge in [-0.15, -0.1) is 0 Å². The van der Waals surface area contributed by atoms with Crippen molar-refractivity contribution in [3.05, 3.63) is 30.3 Å². The first-order valence-corrected chi connectivity index (χ1v) is 8.45. The van der Waals surface area contributed by atoms with Gasteiger partial charge in [0, 0.05) is 19.6 Å². The van der Waals surface area contributed by atoms with E-state index in [1.54, 1.807) is 4.90 Å². The Kier molecular flexibility index (Phi) is 5.16. The molecule has 0 aromatic heterocycles. The third-order valence-corrected chi connectivity index (χ3v) is 4.51. The molecule has 2 fully saturated rings. The monoisotopic (exact) mass is 316 g/mol. The number of piperidine rings is 1. The topological polar surface area (TPSA) is 58.6 Å².